The third-order valence-electron chi connectivity index (χ3n) is 2.59. The van der Waals surface area contributed by atoms with Gasteiger partial charge in [0.1, 0.15) is 23.0 Å². The van der Waals surface area contributed by atoms with Crippen molar-refractivity contribution in [2.45, 2.75) is 0 Å². The standard InChI is InChI=1S/C15H14Br2O4.W/c1-18-9-20-15-6-4-11(8-13(15)17)21-10-3-5-14(19-2)12(16)7-10;/h3-8H,9H2,1-2H3;. The molecule has 0 aliphatic carbocycles. The first-order chi connectivity index (χ1) is 10.1. The smallest absolute Gasteiger partial charge is 0.188 e. The molecule has 22 heavy (non-hydrogen) atoms. The van der Waals surface area contributed by atoms with Crippen LogP contribution in [0, 0.1) is 0 Å². The molecule has 0 saturated heterocycles. The van der Waals surface area contributed by atoms with Crippen LogP contribution >= 0.6 is 31.9 Å². The van der Waals surface area contributed by atoms with Gasteiger partial charge in [0.2, 0.25) is 0 Å². The van der Waals surface area contributed by atoms with Crippen LogP contribution in [0.5, 0.6) is 23.0 Å². The molecule has 0 fully saturated rings. The van der Waals surface area contributed by atoms with Crippen LogP contribution in [0.25, 0.3) is 0 Å². The van der Waals surface area contributed by atoms with Crippen molar-refractivity contribution in [3.8, 4) is 23.0 Å². The molecule has 0 heterocycles. The molecule has 0 aromatic heterocycles. The second-order valence-electron chi connectivity index (χ2n) is 4.04. The van der Waals surface area contributed by atoms with E-state index in [4.69, 9.17) is 18.9 Å². The third kappa shape index (κ3) is 5.27. The zero-order valence-electron chi connectivity index (χ0n) is 12.0. The summed E-state index contributed by atoms with van der Waals surface area (Å²) in [6.45, 7) is 0.199. The van der Waals surface area contributed by atoms with Gasteiger partial charge in [-0.05, 0) is 68.3 Å². The molecule has 0 saturated carbocycles. The van der Waals surface area contributed by atoms with E-state index < -0.39 is 0 Å². The minimum atomic E-state index is 0. The van der Waals surface area contributed by atoms with E-state index in [1.807, 2.05) is 36.4 Å². The molecule has 0 unspecified atom stereocenters. The number of benzene rings is 2. The molecular weight excluding hydrogens is 588 g/mol. The molecule has 2 rings (SSSR count). The summed E-state index contributed by atoms with van der Waals surface area (Å²) < 4.78 is 22.9. The van der Waals surface area contributed by atoms with E-state index in [1.54, 1.807) is 14.2 Å². The van der Waals surface area contributed by atoms with Gasteiger partial charge in [0.05, 0.1) is 16.1 Å². The van der Waals surface area contributed by atoms with E-state index in [1.165, 1.54) is 0 Å². The van der Waals surface area contributed by atoms with Gasteiger partial charge in [-0.2, -0.15) is 0 Å². The summed E-state index contributed by atoms with van der Waals surface area (Å²) in [7, 11) is 3.20. The Hall–Kier alpha value is -0.552. The maximum absolute atomic E-state index is 5.80. The summed E-state index contributed by atoms with van der Waals surface area (Å²) in [5.41, 5.74) is 0. The van der Waals surface area contributed by atoms with Gasteiger partial charge in [0.15, 0.2) is 6.79 Å². The fourth-order valence-corrected chi connectivity index (χ4v) is 2.62. The maximum atomic E-state index is 5.80. The van der Waals surface area contributed by atoms with Gasteiger partial charge in [0, 0.05) is 28.2 Å². The maximum Gasteiger partial charge on any atom is 0.188 e. The molecule has 4 nitrogen and oxygen atoms in total. The predicted octanol–water partition coefficient (Wildman–Crippen LogP) is 4.99. The third-order valence-corrected chi connectivity index (χ3v) is 3.83. The van der Waals surface area contributed by atoms with Crippen molar-refractivity contribution in [2.24, 2.45) is 0 Å². The van der Waals surface area contributed by atoms with Crippen molar-refractivity contribution >= 4 is 31.9 Å². The summed E-state index contributed by atoms with van der Waals surface area (Å²) in [6.07, 6.45) is 0. The summed E-state index contributed by atoms with van der Waals surface area (Å²) in [6, 6.07) is 11.0. The van der Waals surface area contributed by atoms with Crippen LogP contribution in [0.15, 0.2) is 45.3 Å². The van der Waals surface area contributed by atoms with Gasteiger partial charge in [-0.25, -0.2) is 0 Å². The van der Waals surface area contributed by atoms with Crippen LogP contribution in [0.2, 0.25) is 0 Å². The second-order valence-corrected chi connectivity index (χ2v) is 5.75. The molecule has 7 heteroatoms. The quantitative estimate of drug-likeness (QED) is 0.437. The second kappa shape index (κ2) is 9.56. The molecule has 0 amide bonds. The van der Waals surface area contributed by atoms with E-state index in [2.05, 4.69) is 31.9 Å². The Kier molecular flexibility index (Phi) is 8.47. The minimum Gasteiger partial charge on any atom is -0.496 e. The Labute approximate surface area is 160 Å². The summed E-state index contributed by atoms with van der Waals surface area (Å²) >= 11 is 6.87. The normalized spacial score (nSPS) is 9.82. The van der Waals surface area contributed by atoms with Crippen LogP contribution < -0.4 is 14.2 Å². The Morgan fingerprint density at radius 1 is 0.864 bits per heavy atom. The summed E-state index contributed by atoms with van der Waals surface area (Å²) in [5.74, 6) is 2.86. The van der Waals surface area contributed by atoms with Crippen molar-refractivity contribution in [1.82, 2.24) is 0 Å². The van der Waals surface area contributed by atoms with Crippen molar-refractivity contribution in [3.05, 3.63) is 45.3 Å². The van der Waals surface area contributed by atoms with E-state index in [0.29, 0.717) is 17.2 Å². The summed E-state index contributed by atoms with van der Waals surface area (Å²) in [4.78, 5) is 0. The molecule has 0 N–H and O–H groups in total. The van der Waals surface area contributed by atoms with Crippen LogP contribution in [0.1, 0.15) is 0 Å². The summed E-state index contributed by atoms with van der Waals surface area (Å²) in [5, 5.41) is 0. The number of rotatable bonds is 6. The average molecular weight is 602 g/mol. The van der Waals surface area contributed by atoms with Crippen LogP contribution in [0.4, 0.5) is 0 Å². The first-order valence-electron chi connectivity index (χ1n) is 6.06. The zero-order valence-corrected chi connectivity index (χ0v) is 18.1. The molecule has 118 valence electrons. The van der Waals surface area contributed by atoms with Crippen LogP contribution in [-0.4, -0.2) is 21.0 Å². The van der Waals surface area contributed by atoms with Gasteiger partial charge >= 0.3 is 0 Å². The van der Waals surface area contributed by atoms with Crippen molar-refractivity contribution in [3.63, 3.8) is 0 Å². The molecule has 2 aromatic rings. The molecular formula is C15H14Br2O4W. The first-order valence-corrected chi connectivity index (χ1v) is 7.65. The molecule has 0 aliphatic rings. The number of halogens is 2. The molecule has 0 bridgehead atoms. The van der Waals surface area contributed by atoms with Gasteiger partial charge < -0.3 is 18.9 Å². The Morgan fingerprint density at radius 3 is 1.86 bits per heavy atom. The van der Waals surface area contributed by atoms with E-state index >= 15 is 0 Å². The number of methoxy groups -OCH3 is 2. The van der Waals surface area contributed by atoms with Gasteiger partial charge in [-0.3, -0.25) is 0 Å². The van der Waals surface area contributed by atoms with Crippen LogP contribution in [-0.2, 0) is 25.8 Å². The van der Waals surface area contributed by atoms with E-state index in [-0.39, 0.29) is 27.9 Å². The van der Waals surface area contributed by atoms with Crippen molar-refractivity contribution < 1.29 is 40.0 Å². The predicted molar refractivity (Wildman–Crippen MR) is 87.4 cm³/mol. The molecule has 0 atom stereocenters. The van der Waals surface area contributed by atoms with Crippen LogP contribution in [0.3, 0.4) is 0 Å². The monoisotopic (exact) mass is 600 g/mol. The molecule has 0 radical (unpaired) electrons. The number of hydrogen-bond donors (Lipinski definition) is 0. The molecule has 2 aromatic carbocycles. The van der Waals surface area contributed by atoms with Gasteiger partial charge in [-0.15, -0.1) is 0 Å². The molecule has 0 aliphatic heterocycles. The number of ether oxygens (including phenoxy) is 4. The SMILES string of the molecule is COCOc1ccc(Oc2ccc(OC)c(Br)c2)cc1Br.[W]. The minimum absolute atomic E-state index is 0. The van der Waals surface area contributed by atoms with E-state index in [9.17, 15) is 0 Å². The van der Waals surface area contributed by atoms with Crippen molar-refractivity contribution in [1.29, 1.82) is 0 Å². The molecule has 0 spiro atoms. The average Bonchev–Trinajstić information content (AvgIpc) is 2.47. The van der Waals surface area contributed by atoms with E-state index in [0.717, 1.165) is 14.7 Å². The zero-order chi connectivity index (χ0) is 15.2. The topological polar surface area (TPSA) is 36.9 Å². The Bertz CT molecular complexity index is 622. The van der Waals surface area contributed by atoms with Gasteiger partial charge in [-0.1, -0.05) is 0 Å². The Balaban J connectivity index is 0.00000242. The Morgan fingerprint density at radius 2 is 1.41 bits per heavy atom. The largest absolute Gasteiger partial charge is 0.496 e. The van der Waals surface area contributed by atoms with Crippen molar-refractivity contribution in [2.75, 3.05) is 21.0 Å². The fourth-order valence-electron chi connectivity index (χ4n) is 1.63. The first kappa shape index (κ1) is 19.5. The van der Waals surface area contributed by atoms with Gasteiger partial charge in [0.25, 0.3) is 0 Å². The number of hydrogen-bond acceptors (Lipinski definition) is 4. The fraction of sp³-hybridized carbons (Fsp3) is 0.200.